The second-order valence-electron chi connectivity index (χ2n) is 1.83. The highest BCUT2D eigenvalue weighted by molar-refractivity contribution is 7.98. The highest BCUT2D eigenvalue weighted by Crippen LogP contribution is 2.13. The Morgan fingerprint density at radius 2 is 2.30 bits per heavy atom. The Balaban J connectivity index is 2.80. The summed E-state index contributed by atoms with van der Waals surface area (Å²) in [5, 5.41) is 2.96. The number of rotatable bonds is 2. The Bertz CT molecular complexity index is 172. The van der Waals surface area contributed by atoms with Crippen LogP contribution in [0.25, 0.3) is 0 Å². The monoisotopic (exact) mass is 154 g/mol. The summed E-state index contributed by atoms with van der Waals surface area (Å²) in [6.45, 7) is 0. The molecule has 54 valence electrons. The van der Waals surface area contributed by atoms with Crippen molar-refractivity contribution in [1.29, 1.82) is 0 Å². The van der Waals surface area contributed by atoms with Crippen LogP contribution in [0.4, 0.5) is 5.82 Å². The van der Waals surface area contributed by atoms with Crippen molar-refractivity contribution < 1.29 is 0 Å². The van der Waals surface area contributed by atoms with Gasteiger partial charge in [-0.25, -0.2) is 4.98 Å². The van der Waals surface area contributed by atoms with Crippen molar-refractivity contribution in [3.63, 3.8) is 0 Å². The Kier molecular flexibility index (Phi) is 2.57. The van der Waals surface area contributed by atoms with E-state index in [4.69, 9.17) is 0 Å². The number of pyridine rings is 1. The molecule has 0 amide bonds. The van der Waals surface area contributed by atoms with Crippen LogP contribution >= 0.6 is 11.8 Å². The van der Waals surface area contributed by atoms with E-state index >= 15 is 0 Å². The van der Waals surface area contributed by atoms with Crippen LogP contribution in [-0.4, -0.2) is 18.3 Å². The molecule has 0 unspecified atom stereocenters. The predicted molar refractivity (Wildman–Crippen MR) is 45.6 cm³/mol. The Hall–Kier alpha value is -0.700. The van der Waals surface area contributed by atoms with Crippen LogP contribution in [0.2, 0.25) is 0 Å². The Morgan fingerprint density at radius 1 is 1.50 bits per heavy atom. The first kappa shape index (κ1) is 7.41. The van der Waals surface area contributed by atoms with Crippen molar-refractivity contribution in [3.8, 4) is 0 Å². The molecule has 1 aromatic heterocycles. The minimum Gasteiger partial charge on any atom is -0.373 e. The maximum Gasteiger partial charge on any atom is 0.125 e. The van der Waals surface area contributed by atoms with E-state index < -0.39 is 0 Å². The van der Waals surface area contributed by atoms with Crippen LogP contribution in [0.5, 0.6) is 0 Å². The zero-order valence-electron chi connectivity index (χ0n) is 6.09. The van der Waals surface area contributed by atoms with E-state index in [1.165, 1.54) is 4.90 Å². The zero-order chi connectivity index (χ0) is 7.40. The summed E-state index contributed by atoms with van der Waals surface area (Å²) in [6.07, 6.45) is 3.90. The van der Waals surface area contributed by atoms with E-state index in [0.717, 1.165) is 5.82 Å². The smallest absolute Gasteiger partial charge is 0.125 e. The summed E-state index contributed by atoms with van der Waals surface area (Å²) < 4.78 is 0. The van der Waals surface area contributed by atoms with Gasteiger partial charge in [0.25, 0.3) is 0 Å². The fourth-order valence-corrected chi connectivity index (χ4v) is 1.01. The molecule has 0 atom stereocenters. The number of nitrogens with zero attached hydrogens (tertiary/aromatic N) is 1. The third kappa shape index (κ3) is 1.64. The van der Waals surface area contributed by atoms with Crippen LogP contribution in [-0.2, 0) is 0 Å². The van der Waals surface area contributed by atoms with Crippen molar-refractivity contribution in [3.05, 3.63) is 18.3 Å². The molecule has 1 rings (SSSR count). The molecule has 0 fully saturated rings. The topological polar surface area (TPSA) is 24.9 Å². The highest BCUT2D eigenvalue weighted by Gasteiger charge is 1.89. The maximum atomic E-state index is 4.14. The molecular formula is C7H10N2S. The lowest BCUT2D eigenvalue weighted by Gasteiger charge is -1.98. The molecule has 0 spiro atoms. The fourth-order valence-electron chi connectivity index (χ4n) is 0.649. The van der Waals surface area contributed by atoms with E-state index in [9.17, 15) is 0 Å². The van der Waals surface area contributed by atoms with Gasteiger partial charge >= 0.3 is 0 Å². The molecule has 10 heavy (non-hydrogen) atoms. The molecule has 0 aliphatic carbocycles. The normalized spacial score (nSPS) is 9.40. The fraction of sp³-hybridized carbons (Fsp3) is 0.286. The summed E-state index contributed by atoms with van der Waals surface area (Å²) in [5.74, 6) is 0.915. The van der Waals surface area contributed by atoms with E-state index in [2.05, 4.69) is 10.3 Å². The van der Waals surface area contributed by atoms with Crippen molar-refractivity contribution in [2.24, 2.45) is 0 Å². The summed E-state index contributed by atoms with van der Waals surface area (Å²) in [7, 11) is 1.86. The van der Waals surface area contributed by atoms with Gasteiger partial charge in [-0.2, -0.15) is 0 Å². The molecule has 1 aromatic rings. The van der Waals surface area contributed by atoms with Crippen LogP contribution in [0.15, 0.2) is 23.2 Å². The average molecular weight is 154 g/mol. The lowest BCUT2D eigenvalue weighted by molar-refractivity contribution is 1.22. The number of thioether (sulfide) groups is 1. The van der Waals surface area contributed by atoms with Gasteiger partial charge in [0.1, 0.15) is 5.82 Å². The first-order valence-electron chi connectivity index (χ1n) is 3.04. The van der Waals surface area contributed by atoms with Gasteiger partial charge in [-0.1, -0.05) is 0 Å². The molecule has 3 heteroatoms. The zero-order valence-corrected chi connectivity index (χ0v) is 6.90. The number of aromatic nitrogens is 1. The van der Waals surface area contributed by atoms with Gasteiger partial charge in [0.2, 0.25) is 0 Å². The molecule has 0 radical (unpaired) electrons. The number of hydrogen-bond acceptors (Lipinski definition) is 3. The van der Waals surface area contributed by atoms with Gasteiger partial charge in [0, 0.05) is 18.1 Å². The number of nitrogens with one attached hydrogen (secondary N) is 1. The highest BCUT2D eigenvalue weighted by atomic mass is 32.2. The molecule has 1 N–H and O–H groups in total. The minimum atomic E-state index is 0.915. The van der Waals surface area contributed by atoms with E-state index in [0.29, 0.717) is 0 Å². The Labute approximate surface area is 65.1 Å². The molecule has 2 nitrogen and oxygen atoms in total. The molecule has 0 bridgehead atoms. The van der Waals surface area contributed by atoms with Crippen LogP contribution in [0.3, 0.4) is 0 Å². The summed E-state index contributed by atoms with van der Waals surface area (Å²) in [6, 6.07) is 4.01. The van der Waals surface area contributed by atoms with Crippen molar-refractivity contribution in [2.75, 3.05) is 18.6 Å². The molecule has 0 saturated carbocycles. The number of hydrogen-bond donors (Lipinski definition) is 1. The lowest BCUT2D eigenvalue weighted by atomic mass is 10.5. The molecule has 1 heterocycles. The Morgan fingerprint density at radius 3 is 2.70 bits per heavy atom. The minimum absolute atomic E-state index is 0.915. The molecule has 0 aliphatic rings. The molecule has 0 aromatic carbocycles. The summed E-state index contributed by atoms with van der Waals surface area (Å²) in [5.41, 5.74) is 0. The predicted octanol–water partition coefficient (Wildman–Crippen LogP) is 1.85. The van der Waals surface area contributed by atoms with Crippen molar-refractivity contribution in [2.45, 2.75) is 4.90 Å². The van der Waals surface area contributed by atoms with E-state index in [1.54, 1.807) is 11.8 Å². The van der Waals surface area contributed by atoms with Crippen molar-refractivity contribution in [1.82, 2.24) is 4.98 Å². The van der Waals surface area contributed by atoms with Gasteiger partial charge in [-0.15, -0.1) is 11.8 Å². The van der Waals surface area contributed by atoms with Gasteiger partial charge < -0.3 is 5.32 Å². The SMILES string of the molecule is CNc1ccc(SC)cn1. The quantitative estimate of drug-likeness (QED) is 0.658. The van der Waals surface area contributed by atoms with Crippen LogP contribution in [0, 0.1) is 0 Å². The first-order valence-corrected chi connectivity index (χ1v) is 4.27. The van der Waals surface area contributed by atoms with Crippen LogP contribution < -0.4 is 5.32 Å². The lowest BCUT2D eigenvalue weighted by Crippen LogP contribution is -1.90. The van der Waals surface area contributed by atoms with E-state index in [1.807, 2.05) is 31.6 Å². The van der Waals surface area contributed by atoms with Gasteiger partial charge in [0.15, 0.2) is 0 Å². The standard InChI is InChI=1S/C7H10N2S/c1-8-7-4-3-6(10-2)5-9-7/h3-5H,1-2H3,(H,8,9). The molecule has 0 aliphatic heterocycles. The average Bonchev–Trinajstić information content (AvgIpc) is 2.05. The molecular weight excluding hydrogens is 144 g/mol. The summed E-state index contributed by atoms with van der Waals surface area (Å²) in [4.78, 5) is 5.33. The second kappa shape index (κ2) is 3.46. The largest absolute Gasteiger partial charge is 0.373 e. The number of anilines is 1. The first-order chi connectivity index (χ1) is 4.86. The van der Waals surface area contributed by atoms with Crippen LogP contribution in [0.1, 0.15) is 0 Å². The van der Waals surface area contributed by atoms with E-state index in [-0.39, 0.29) is 0 Å². The third-order valence-corrected chi connectivity index (χ3v) is 1.94. The van der Waals surface area contributed by atoms with Gasteiger partial charge in [-0.05, 0) is 18.4 Å². The van der Waals surface area contributed by atoms with Crippen molar-refractivity contribution >= 4 is 17.6 Å². The second-order valence-corrected chi connectivity index (χ2v) is 2.71. The van der Waals surface area contributed by atoms with Gasteiger partial charge in [-0.3, -0.25) is 0 Å². The molecule has 0 saturated heterocycles. The third-order valence-electron chi connectivity index (χ3n) is 1.23. The maximum absolute atomic E-state index is 4.14. The van der Waals surface area contributed by atoms with Gasteiger partial charge in [0.05, 0.1) is 0 Å². The summed E-state index contributed by atoms with van der Waals surface area (Å²) >= 11 is 1.70.